The van der Waals surface area contributed by atoms with Crippen molar-refractivity contribution >= 4 is 43.3 Å². The molecule has 1 spiro atoms. The van der Waals surface area contributed by atoms with Crippen molar-refractivity contribution in [2.75, 3.05) is 30.3 Å². The summed E-state index contributed by atoms with van der Waals surface area (Å²) in [6.45, 7) is 7.02. The van der Waals surface area contributed by atoms with Gasteiger partial charge in [-0.05, 0) is 36.9 Å². The van der Waals surface area contributed by atoms with Crippen LogP contribution < -0.4 is 16.0 Å². The largest absolute Gasteiger partial charge is 0.389 e. The van der Waals surface area contributed by atoms with Gasteiger partial charge in [0.15, 0.2) is 11.6 Å². The summed E-state index contributed by atoms with van der Waals surface area (Å²) in [7, 11) is 0. The first-order valence-electron chi connectivity index (χ1n) is 12.8. The van der Waals surface area contributed by atoms with Crippen molar-refractivity contribution in [2.24, 2.45) is 0 Å². The number of thiophene rings is 1. The number of ether oxygens (including phenoxy) is 1. The Kier molecular flexibility index (Phi) is 6.13. The fourth-order valence-corrected chi connectivity index (χ4v) is 6.87. The lowest BCUT2D eigenvalue weighted by molar-refractivity contribution is 0.135. The third-order valence-electron chi connectivity index (χ3n) is 7.70. The van der Waals surface area contributed by atoms with Crippen LogP contribution in [0.2, 0.25) is 0 Å². The Morgan fingerprint density at radius 3 is 2.76 bits per heavy atom. The maximum Gasteiger partial charge on any atom is 0.226 e. The van der Waals surface area contributed by atoms with Crippen molar-refractivity contribution in [1.82, 2.24) is 20.3 Å². The van der Waals surface area contributed by atoms with E-state index in [2.05, 4.69) is 25.2 Å². The lowest BCUT2D eigenvalue weighted by atomic mass is 9.94. The predicted molar refractivity (Wildman–Crippen MR) is 144 cm³/mol. The summed E-state index contributed by atoms with van der Waals surface area (Å²) < 4.78 is 36.9. The maximum absolute atomic E-state index is 16.4. The van der Waals surface area contributed by atoms with E-state index >= 15 is 4.39 Å². The Bertz CT molecular complexity index is 1620. The third kappa shape index (κ3) is 3.62. The Hall–Kier alpha value is -3.46. The molecule has 2 fully saturated rings. The van der Waals surface area contributed by atoms with Crippen LogP contribution in [0.1, 0.15) is 49.8 Å². The molecular formula is C27H27F2N7OS. The summed E-state index contributed by atoms with van der Waals surface area (Å²) in [6.07, 6.45) is 5.96. The second-order valence-corrected chi connectivity index (χ2v) is 10.7. The highest BCUT2D eigenvalue weighted by molar-refractivity contribution is 7.23. The number of rotatable bonds is 2. The molecule has 3 aromatic heterocycles. The highest BCUT2D eigenvalue weighted by atomic mass is 32.1. The molecule has 4 aromatic rings. The van der Waals surface area contributed by atoms with Gasteiger partial charge in [-0.2, -0.15) is 5.26 Å². The highest BCUT2D eigenvalue weighted by Gasteiger charge is 2.41. The van der Waals surface area contributed by atoms with Crippen LogP contribution in [-0.2, 0) is 18.0 Å². The zero-order valence-corrected chi connectivity index (χ0v) is 22.0. The first-order chi connectivity index (χ1) is 18.5. The summed E-state index contributed by atoms with van der Waals surface area (Å²) in [4.78, 5) is 15.6. The molecule has 3 aliphatic rings. The van der Waals surface area contributed by atoms with E-state index in [0.29, 0.717) is 16.9 Å². The van der Waals surface area contributed by atoms with Crippen molar-refractivity contribution in [3.63, 3.8) is 0 Å². The summed E-state index contributed by atoms with van der Waals surface area (Å²) in [5, 5.41) is 14.3. The molecule has 11 heteroatoms. The number of aromatic nitrogens is 3. The van der Waals surface area contributed by atoms with E-state index in [9.17, 15) is 9.65 Å². The number of nitriles is 1. The molecule has 0 amide bonds. The number of nitrogens with two attached hydrogens (primary N) is 1. The maximum atomic E-state index is 16.4. The van der Waals surface area contributed by atoms with Crippen molar-refractivity contribution in [3.8, 4) is 17.3 Å². The van der Waals surface area contributed by atoms with E-state index in [1.807, 2.05) is 19.9 Å². The van der Waals surface area contributed by atoms with E-state index in [-0.39, 0.29) is 56.2 Å². The molecule has 1 unspecified atom stereocenters. The van der Waals surface area contributed by atoms with Crippen LogP contribution in [0.15, 0.2) is 12.4 Å². The molecule has 0 bridgehead atoms. The molecule has 0 aliphatic carbocycles. The molecule has 196 valence electrons. The molecule has 1 atom stereocenters. The number of nitrogens with one attached hydrogen (secondary N) is 1. The topological polar surface area (TPSA) is 113 Å². The number of hydrogen-bond acceptors (Lipinski definition) is 9. The zero-order chi connectivity index (χ0) is 26.6. The number of pyridine rings is 1. The summed E-state index contributed by atoms with van der Waals surface area (Å²) >= 11 is 0.958. The van der Waals surface area contributed by atoms with E-state index in [0.717, 1.165) is 62.0 Å². The first-order valence-corrected chi connectivity index (χ1v) is 13.7. The number of nitrogens with zero attached hydrogens (tertiary/aromatic N) is 5. The SMILES string of the molecule is CC.N#Cc1c(N)sc2c(F)cnc(-c3c4c(c5cnc(N6CCC7(CCCN7)C6)nc5c3F)COC4)c12. The molecule has 2 saturated heterocycles. The van der Waals surface area contributed by atoms with Gasteiger partial charge in [0.1, 0.15) is 16.6 Å². The second kappa shape index (κ2) is 9.38. The Labute approximate surface area is 222 Å². The molecule has 6 heterocycles. The van der Waals surface area contributed by atoms with Gasteiger partial charge in [0.25, 0.3) is 0 Å². The number of halogens is 2. The minimum atomic E-state index is -0.603. The Morgan fingerprint density at radius 1 is 1.18 bits per heavy atom. The fraction of sp³-hybridized carbons (Fsp3) is 0.407. The van der Waals surface area contributed by atoms with Crippen molar-refractivity contribution in [1.29, 1.82) is 5.26 Å². The van der Waals surface area contributed by atoms with E-state index in [4.69, 9.17) is 10.5 Å². The van der Waals surface area contributed by atoms with Crippen LogP contribution in [0.4, 0.5) is 19.7 Å². The molecule has 8 nitrogen and oxygen atoms in total. The standard InChI is InChI=1S/C25H21F2N7OS.C2H6/c26-16-8-30-21(18-12(6-28)23(29)36-22(16)18)17-15-10-35-9-14(15)13-7-31-24(33-20(13)19(17)27)34-5-3-25(11-34)2-1-4-32-25;1-2/h7-8,32H,1-5,9-11,29H2;1-2H3. The fourth-order valence-electron chi connectivity index (χ4n) is 5.95. The molecular weight excluding hydrogens is 508 g/mol. The molecule has 3 aliphatic heterocycles. The van der Waals surface area contributed by atoms with Gasteiger partial charge in [-0.3, -0.25) is 4.98 Å². The summed E-state index contributed by atoms with van der Waals surface area (Å²) in [6, 6.07) is 2.04. The Morgan fingerprint density at radius 2 is 2.00 bits per heavy atom. The average Bonchev–Trinajstić information content (AvgIpc) is 3.74. The summed E-state index contributed by atoms with van der Waals surface area (Å²) in [5.74, 6) is -0.708. The van der Waals surface area contributed by atoms with Gasteiger partial charge < -0.3 is 20.7 Å². The number of fused-ring (bicyclic) bond motifs is 4. The average molecular weight is 536 g/mol. The van der Waals surface area contributed by atoms with E-state index in [1.165, 1.54) is 0 Å². The van der Waals surface area contributed by atoms with Crippen molar-refractivity contribution in [3.05, 3.63) is 40.7 Å². The smallest absolute Gasteiger partial charge is 0.226 e. The van der Waals surface area contributed by atoms with Gasteiger partial charge in [-0.15, -0.1) is 11.3 Å². The van der Waals surface area contributed by atoms with Crippen LogP contribution in [0, 0.1) is 23.0 Å². The predicted octanol–water partition coefficient (Wildman–Crippen LogP) is 5.03. The van der Waals surface area contributed by atoms with Crippen LogP contribution in [-0.4, -0.2) is 40.1 Å². The molecule has 0 saturated carbocycles. The number of benzene rings is 1. The van der Waals surface area contributed by atoms with Gasteiger partial charge in [-0.25, -0.2) is 18.7 Å². The minimum absolute atomic E-state index is 0.0734. The number of hydrogen-bond donors (Lipinski definition) is 2. The molecule has 1 aromatic carbocycles. The van der Waals surface area contributed by atoms with Crippen LogP contribution in [0.3, 0.4) is 0 Å². The van der Waals surface area contributed by atoms with Crippen LogP contribution in [0.5, 0.6) is 0 Å². The first kappa shape index (κ1) is 24.9. The molecule has 0 radical (unpaired) electrons. The number of nitrogen functional groups attached to an aromatic ring is 1. The van der Waals surface area contributed by atoms with Crippen molar-refractivity contribution < 1.29 is 13.5 Å². The van der Waals surface area contributed by atoms with Crippen LogP contribution in [0.25, 0.3) is 32.2 Å². The molecule has 3 N–H and O–H groups in total. The third-order valence-corrected chi connectivity index (χ3v) is 8.73. The lowest BCUT2D eigenvalue weighted by Gasteiger charge is -2.24. The monoisotopic (exact) mass is 535 g/mol. The second-order valence-electron chi connectivity index (χ2n) is 9.67. The van der Waals surface area contributed by atoms with Gasteiger partial charge in [0.2, 0.25) is 5.95 Å². The van der Waals surface area contributed by atoms with E-state index in [1.54, 1.807) is 6.20 Å². The normalized spacial score (nSPS) is 20.2. The Balaban J connectivity index is 0.00000129. The lowest BCUT2D eigenvalue weighted by Crippen LogP contribution is -2.42. The minimum Gasteiger partial charge on any atom is -0.389 e. The van der Waals surface area contributed by atoms with Crippen molar-refractivity contribution in [2.45, 2.75) is 51.9 Å². The molecule has 38 heavy (non-hydrogen) atoms. The van der Waals surface area contributed by atoms with Gasteiger partial charge >= 0.3 is 0 Å². The zero-order valence-electron chi connectivity index (χ0n) is 21.2. The van der Waals surface area contributed by atoms with Gasteiger partial charge in [0.05, 0.1) is 35.4 Å². The molecule has 7 rings (SSSR count). The highest BCUT2D eigenvalue weighted by Crippen LogP contribution is 2.45. The van der Waals surface area contributed by atoms with Gasteiger partial charge in [0, 0.05) is 41.2 Å². The van der Waals surface area contributed by atoms with Crippen LogP contribution >= 0.6 is 11.3 Å². The summed E-state index contributed by atoms with van der Waals surface area (Å²) in [5.41, 5.74) is 8.09. The quantitative estimate of drug-likeness (QED) is 0.368. The van der Waals surface area contributed by atoms with Gasteiger partial charge in [-0.1, -0.05) is 13.8 Å². The van der Waals surface area contributed by atoms with E-state index < -0.39 is 11.6 Å². The number of anilines is 2.